The first-order valence-electron chi connectivity index (χ1n) is 13.5. The fraction of sp³-hybridized carbons (Fsp3) is 0.516. The Kier molecular flexibility index (Phi) is 11.2. The lowest BCUT2D eigenvalue weighted by atomic mass is 10.1. The van der Waals surface area contributed by atoms with Crippen molar-refractivity contribution in [3.8, 4) is 0 Å². The van der Waals surface area contributed by atoms with Crippen molar-refractivity contribution in [1.82, 2.24) is 0 Å². The second-order valence-corrected chi connectivity index (χ2v) is 11.9. The van der Waals surface area contributed by atoms with E-state index in [2.05, 4.69) is 23.6 Å². The highest BCUT2D eigenvalue weighted by molar-refractivity contribution is 8.14. The zero-order valence-corrected chi connectivity index (χ0v) is 23.6. The highest BCUT2D eigenvalue weighted by atomic mass is 32.2. The maximum absolute atomic E-state index is 13.3. The van der Waals surface area contributed by atoms with Gasteiger partial charge in [0.2, 0.25) is 5.04 Å². The predicted molar refractivity (Wildman–Crippen MR) is 151 cm³/mol. The normalized spacial score (nSPS) is 16.5. The van der Waals surface area contributed by atoms with Crippen molar-refractivity contribution in [1.29, 1.82) is 0 Å². The number of thioether (sulfide) groups is 1. The Hall–Kier alpha value is -2.60. The van der Waals surface area contributed by atoms with Crippen molar-refractivity contribution in [3.05, 3.63) is 71.8 Å². The number of carbonyl (C=O) groups excluding carboxylic acids is 2. The van der Waals surface area contributed by atoms with E-state index in [1.54, 1.807) is 11.8 Å². The molecule has 2 atom stereocenters. The van der Waals surface area contributed by atoms with Crippen LogP contribution in [0.5, 0.6) is 0 Å². The van der Waals surface area contributed by atoms with E-state index >= 15 is 0 Å². The zero-order valence-electron chi connectivity index (χ0n) is 22.8. The van der Waals surface area contributed by atoms with Crippen LogP contribution in [-0.4, -0.2) is 38.5 Å². The minimum atomic E-state index is -0.547. The van der Waals surface area contributed by atoms with Crippen LogP contribution in [0.2, 0.25) is 0 Å². The molecule has 0 saturated carbocycles. The topological polar surface area (TPSA) is 55.6 Å². The monoisotopic (exact) mass is 524 g/mol. The van der Waals surface area contributed by atoms with E-state index in [-0.39, 0.29) is 29.8 Å². The molecule has 1 heterocycles. The number of benzene rings is 2. The molecule has 1 aliphatic rings. The summed E-state index contributed by atoms with van der Waals surface area (Å²) in [6, 6.07) is 19.6. The van der Waals surface area contributed by atoms with E-state index < -0.39 is 5.60 Å². The summed E-state index contributed by atoms with van der Waals surface area (Å²) >= 11 is 1.58. The third-order valence-corrected chi connectivity index (χ3v) is 7.71. The molecule has 2 aromatic carbocycles. The number of esters is 2. The minimum Gasteiger partial charge on any atom is -0.460 e. The molecular formula is C31H42NO4S+. The van der Waals surface area contributed by atoms with E-state index in [9.17, 15) is 9.59 Å². The summed E-state index contributed by atoms with van der Waals surface area (Å²) in [5.74, 6) is -0.386. The van der Waals surface area contributed by atoms with Gasteiger partial charge in [0.05, 0.1) is 0 Å². The summed E-state index contributed by atoms with van der Waals surface area (Å²) in [6.07, 6.45) is 6.59. The van der Waals surface area contributed by atoms with E-state index in [4.69, 9.17) is 9.47 Å². The maximum atomic E-state index is 13.3. The molecule has 5 nitrogen and oxygen atoms in total. The van der Waals surface area contributed by atoms with E-state index in [1.165, 1.54) is 0 Å². The van der Waals surface area contributed by atoms with Gasteiger partial charge in [0, 0.05) is 18.4 Å². The van der Waals surface area contributed by atoms with Gasteiger partial charge in [0.1, 0.15) is 17.5 Å². The van der Waals surface area contributed by atoms with Crippen molar-refractivity contribution in [3.63, 3.8) is 0 Å². The quantitative estimate of drug-likeness (QED) is 0.171. The van der Waals surface area contributed by atoms with Crippen molar-refractivity contribution in [2.24, 2.45) is 0 Å². The average molecular weight is 525 g/mol. The standard InChI is InChI=1S/C31H42NO4S/c1-5-6-7-14-19-27(30(34)35-23-25-17-12-9-13-18-25)37-28-21-20-26(29(33)36-31(2,3)4)32(28)22-24-15-10-8-11-16-24/h8-13,15-18,26-27H,5-7,14,19-23H2,1-4H3/q+1. The van der Waals surface area contributed by atoms with Gasteiger partial charge in [-0.15, -0.1) is 0 Å². The van der Waals surface area contributed by atoms with E-state index in [1.807, 2.05) is 69.3 Å². The molecular weight excluding hydrogens is 482 g/mol. The van der Waals surface area contributed by atoms with Crippen molar-refractivity contribution >= 4 is 28.7 Å². The number of rotatable bonds is 12. The van der Waals surface area contributed by atoms with Crippen molar-refractivity contribution in [2.45, 2.75) is 103 Å². The second kappa shape index (κ2) is 14.4. The van der Waals surface area contributed by atoms with E-state index in [0.717, 1.165) is 54.7 Å². The average Bonchev–Trinajstić information content (AvgIpc) is 3.26. The molecule has 0 fully saturated rings. The number of carbonyl (C=O) groups is 2. The van der Waals surface area contributed by atoms with Gasteiger partial charge >= 0.3 is 11.9 Å². The lowest BCUT2D eigenvalue weighted by Crippen LogP contribution is -2.37. The SMILES string of the molecule is CCCCCCC(SC1=[N+](Cc2ccccc2)C(C(=O)OC(C)(C)C)CC1)C(=O)OCc1ccccc1. The Morgan fingerprint density at radius 1 is 0.973 bits per heavy atom. The van der Waals surface area contributed by atoms with Gasteiger partial charge in [0.25, 0.3) is 6.04 Å². The molecule has 0 aliphatic carbocycles. The lowest BCUT2D eigenvalue weighted by molar-refractivity contribution is -0.560. The largest absolute Gasteiger partial charge is 0.460 e. The molecule has 0 N–H and O–H groups in total. The Morgan fingerprint density at radius 2 is 1.62 bits per heavy atom. The first-order valence-corrected chi connectivity index (χ1v) is 14.4. The summed E-state index contributed by atoms with van der Waals surface area (Å²) in [4.78, 5) is 26.4. The van der Waals surface area contributed by atoms with Crippen LogP contribution in [0.15, 0.2) is 60.7 Å². The molecule has 0 bridgehead atoms. The number of ether oxygens (including phenoxy) is 2. The van der Waals surface area contributed by atoms with Crippen LogP contribution in [0.1, 0.15) is 83.8 Å². The third kappa shape index (κ3) is 9.66. The Bertz CT molecular complexity index is 1030. The van der Waals surface area contributed by atoms with Crippen LogP contribution in [0.4, 0.5) is 0 Å². The lowest BCUT2D eigenvalue weighted by Gasteiger charge is -2.21. The summed E-state index contributed by atoms with van der Waals surface area (Å²) in [5.41, 5.74) is 1.56. The molecule has 0 amide bonds. The predicted octanol–water partition coefficient (Wildman–Crippen LogP) is 6.92. The smallest absolute Gasteiger partial charge is 0.375 e. The van der Waals surface area contributed by atoms with Crippen LogP contribution >= 0.6 is 11.8 Å². The molecule has 0 spiro atoms. The molecule has 1 aliphatic heterocycles. The first kappa shape index (κ1) is 29.0. The molecule has 2 aromatic rings. The summed E-state index contributed by atoms with van der Waals surface area (Å²) in [5, 5.41) is 0.767. The summed E-state index contributed by atoms with van der Waals surface area (Å²) in [6.45, 7) is 8.76. The van der Waals surface area contributed by atoms with Gasteiger partial charge in [-0.2, -0.15) is 0 Å². The van der Waals surface area contributed by atoms with Crippen LogP contribution in [0.25, 0.3) is 0 Å². The highest BCUT2D eigenvalue weighted by Gasteiger charge is 2.42. The van der Waals surface area contributed by atoms with Gasteiger partial charge < -0.3 is 9.47 Å². The Morgan fingerprint density at radius 3 is 2.24 bits per heavy atom. The van der Waals surface area contributed by atoms with Crippen LogP contribution in [0, 0.1) is 0 Å². The third-order valence-electron chi connectivity index (χ3n) is 6.29. The Balaban J connectivity index is 1.81. The fourth-order valence-corrected chi connectivity index (χ4v) is 5.76. The number of nitrogens with zero attached hydrogens (tertiary/aromatic N) is 1. The number of unbranched alkanes of at least 4 members (excludes halogenated alkanes) is 3. The molecule has 6 heteroatoms. The van der Waals surface area contributed by atoms with Crippen LogP contribution in [-0.2, 0) is 32.2 Å². The Labute approximate surface area is 226 Å². The van der Waals surface area contributed by atoms with Gasteiger partial charge in [-0.05, 0) is 44.5 Å². The zero-order chi connectivity index (χ0) is 26.7. The van der Waals surface area contributed by atoms with Gasteiger partial charge in [-0.3, -0.25) is 4.79 Å². The van der Waals surface area contributed by atoms with Gasteiger partial charge in [-0.25, -0.2) is 9.37 Å². The molecule has 0 radical (unpaired) electrons. The summed E-state index contributed by atoms with van der Waals surface area (Å²) in [7, 11) is 0. The van der Waals surface area contributed by atoms with Gasteiger partial charge in [-0.1, -0.05) is 93.3 Å². The summed E-state index contributed by atoms with van der Waals surface area (Å²) < 4.78 is 13.7. The van der Waals surface area contributed by atoms with Crippen LogP contribution in [0.3, 0.4) is 0 Å². The molecule has 0 aromatic heterocycles. The van der Waals surface area contributed by atoms with Crippen LogP contribution < -0.4 is 0 Å². The molecule has 200 valence electrons. The van der Waals surface area contributed by atoms with Crippen molar-refractivity contribution < 1.29 is 23.6 Å². The fourth-order valence-electron chi connectivity index (χ4n) is 4.42. The first-order chi connectivity index (χ1) is 17.8. The molecule has 3 rings (SSSR count). The highest BCUT2D eigenvalue weighted by Crippen LogP contribution is 2.30. The van der Waals surface area contributed by atoms with Gasteiger partial charge in [0.15, 0.2) is 6.54 Å². The maximum Gasteiger partial charge on any atom is 0.375 e. The molecule has 0 saturated heterocycles. The minimum absolute atomic E-state index is 0.182. The number of hydrogen-bond acceptors (Lipinski definition) is 5. The second-order valence-electron chi connectivity index (χ2n) is 10.6. The van der Waals surface area contributed by atoms with Crippen molar-refractivity contribution in [2.75, 3.05) is 0 Å². The molecule has 37 heavy (non-hydrogen) atoms. The molecule has 2 unspecified atom stereocenters. The van der Waals surface area contributed by atoms with E-state index in [0.29, 0.717) is 13.0 Å². The number of hydrogen-bond donors (Lipinski definition) is 0.